The van der Waals surface area contributed by atoms with Gasteiger partial charge in [0.2, 0.25) is 0 Å². The zero-order valence-corrected chi connectivity index (χ0v) is 7.53. The van der Waals surface area contributed by atoms with Crippen LogP contribution in [0.1, 0.15) is 26.2 Å². The fraction of sp³-hybridized carbons (Fsp3) is 0.727. The lowest BCUT2D eigenvalue weighted by Crippen LogP contribution is -2.17. The first-order chi connectivity index (χ1) is 5.86. The van der Waals surface area contributed by atoms with E-state index in [0.29, 0.717) is 17.8 Å². The molecule has 0 spiro atoms. The third-order valence-corrected chi connectivity index (χ3v) is 3.39. The van der Waals surface area contributed by atoms with Crippen molar-refractivity contribution in [1.29, 1.82) is 5.26 Å². The molecule has 0 heterocycles. The van der Waals surface area contributed by atoms with E-state index < -0.39 is 0 Å². The van der Waals surface area contributed by atoms with Crippen LogP contribution in [-0.2, 0) is 0 Å². The molecule has 1 heteroatoms. The molecular formula is C11H15N. The summed E-state index contributed by atoms with van der Waals surface area (Å²) < 4.78 is 0. The summed E-state index contributed by atoms with van der Waals surface area (Å²) in [4.78, 5) is 0. The molecule has 0 N–H and O–H groups in total. The first-order valence-corrected chi connectivity index (χ1v) is 4.94. The van der Waals surface area contributed by atoms with Crippen LogP contribution < -0.4 is 0 Å². The number of fused-ring (bicyclic) bond motifs is 2. The van der Waals surface area contributed by atoms with E-state index in [1.807, 2.05) is 0 Å². The highest BCUT2D eigenvalue weighted by Gasteiger charge is 2.43. The molecule has 0 aromatic carbocycles. The number of hydrogen-bond acceptors (Lipinski definition) is 1. The van der Waals surface area contributed by atoms with Gasteiger partial charge in [0.15, 0.2) is 0 Å². The molecule has 0 aliphatic heterocycles. The Morgan fingerprint density at radius 1 is 1.42 bits per heavy atom. The van der Waals surface area contributed by atoms with Crippen LogP contribution >= 0.6 is 0 Å². The van der Waals surface area contributed by atoms with Crippen molar-refractivity contribution < 1.29 is 0 Å². The minimum absolute atomic E-state index is 0.333. The van der Waals surface area contributed by atoms with Gasteiger partial charge in [-0.2, -0.15) is 5.26 Å². The molecule has 64 valence electrons. The second-order valence-corrected chi connectivity index (χ2v) is 4.06. The van der Waals surface area contributed by atoms with Crippen molar-refractivity contribution in [3.8, 4) is 6.07 Å². The molecule has 0 saturated heterocycles. The molecule has 2 aliphatic rings. The van der Waals surface area contributed by atoms with Crippen molar-refractivity contribution in [3.05, 3.63) is 12.2 Å². The van der Waals surface area contributed by atoms with Crippen molar-refractivity contribution >= 4 is 0 Å². The standard InChI is InChI=1S/C11H15N/c1-2-3-10-8-4-5-9(6-8)11(10)7-12/h4-5,8-11H,2-3,6H2,1H3. The highest BCUT2D eigenvalue weighted by molar-refractivity contribution is 5.17. The summed E-state index contributed by atoms with van der Waals surface area (Å²) in [7, 11) is 0. The Morgan fingerprint density at radius 2 is 2.17 bits per heavy atom. The molecule has 0 amide bonds. The molecule has 0 aromatic rings. The van der Waals surface area contributed by atoms with E-state index in [0.717, 1.165) is 5.92 Å². The summed E-state index contributed by atoms with van der Waals surface area (Å²) in [5.41, 5.74) is 0. The molecule has 1 saturated carbocycles. The summed E-state index contributed by atoms with van der Waals surface area (Å²) in [5, 5.41) is 9.00. The van der Waals surface area contributed by atoms with E-state index in [4.69, 9.17) is 5.26 Å². The van der Waals surface area contributed by atoms with Gasteiger partial charge in [-0.05, 0) is 30.6 Å². The van der Waals surface area contributed by atoms with Gasteiger partial charge in [0.25, 0.3) is 0 Å². The molecule has 0 radical (unpaired) electrons. The molecular weight excluding hydrogens is 146 g/mol. The van der Waals surface area contributed by atoms with Crippen molar-refractivity contribution in [3.63, 3.8) is 0 Å². The minimum atomic E-state index is 0.333. The lowest BCUT2D eigenvalue weighted by Gasteiger charge is -2.21. The van der Waals surface area contributed by atoms with E-state index in [-0.39, 0.29) is 0 Å². The van der Waals surface area contributed by atoms with Crippen LogP contribution in [0, 0.1) is 35.0 Å². The van der Waals surface area contributed by atoms with Crippen LogP contribution in [-0.4, -0.2) is 0 Å². The van der Waals surface area contributed by atoms with Gasteiger partial charge in [-0.15, -0.1) is 0 Å². The maximum absolute atomic E-state index is 9.00. The van der Waals surface area contributed by atoms with Gasteiger partial charge in [-0.1, -0.05) is 25.5 Å². The van der Waals surface area contributed by atoms with E-state index >= 15 is 0 Å². The molecule has 4 unspecified atom stereocenters. The molecule has 2 bridgehead atoms. The first kappa shape index (κ1) is 7.86. The molecule has 1 fully saturated rings. The van der Waals surface area contributed by atoms with Gasteiger partial charge in [-0.3, -0.25) is 0 Å². The Morgan fingerprint density at radius 3 is 2.83 bits per heavy atom. The Kier molecular flexibility index (Phi) is 1.92. The predicted molar refractivity (Wildman–Crippen MR) is 48.2 cm³/mol. The quantitative estimate of drug-likeness (QED) is 0.571. The number of rotatable bonds is 2. The van der Waals surface area contributed by atoms with Crippen LogP contribution in [0.5, 0.6) is 0 Å². The zero-order chi connectivity index (χ0) is 8.55. The van der Waals surface area contributed by atoms with Gasteiger partial charge in [0.1, 0.15) is 0 Å². The third kappa shape index (κ3) is 0.982. The highest BCUT2D eigenvalue weighted by atomic mass is 14.5. The van der Waals surface area contributed by atoms with Crippen molar-refractivity contribution in [2.75, 3.05) is 0 Å². The molecule has 1 nitrogen and oxygen atoms in total. The Hall–Kier alpha value is -0.770. The van der Waals surface area contributed by atoms with Gasteiger partial charge in [0.05, 0.1) is 12.0 Å². The van der Waals surface area contributed by atoms with Crippen LogP contribution in [0.25, 0.3) is 0 Å². The smallest absolute Gasteiger partial charge is 0.0665 e. The lowest BCUT2D eigenvalue weighted by molar-refractivity contribution is 0.349. The average molecular weight is 161 g/mol. The average Bonchev–Trinajstić information content (AvgIpc) is 2.64. The first-order valence-electron chi connectivity index (χ1n) is 4.94. The summed E-state index contributed by atoms with van der Waals surface area (Å²) in [5.74, 6) is 2.34. The number of allylic oxidation sites excluding steroid dienone is 2. The third-order valence-electron chi connectivity index (χ3n) is 3.39. The van der Waals surface area contributed by atoms with Crippen LogP contribution in [0.3, 0.4) is 0 Å². The second kappa shape index (κ2) is 2.94. The maximum Gasteiger partial charge on any atom is 0.0665 e. The molecule has 4 atom stereocenters. The van der Waals surface area contributed by atoms with Crippen molar-refractivity contribution in [2.45, 2.75) is 26.2 Å². The lowest BCUT2D eigenvalue weighted by atomic mass is 9.81. The molecule has 2 rings (SSSR count). The van der Waals surface area contributed by atoms with E-state index in [2.05, 4.69) is 25.1 Å². The van der Waals surface area contributed by atoms with Crippen LogP contribution in [0.4, 0.5) is 0 Å². The number of nitrogens with zero attached hydrogens (tertiary/aromatic N) is 1. The van der Waals surface area contributed by atoms with E-state index in [1.54, 1.807) is 0 Å². The summed E-state index contributed by atoms with van der Waals surface area (Å²) in [6.45, 7) is 2.21. The zero-order valence-electron chi connectivity index (χ0n) is 7.53. The second-order valence-electron chi connectivity index (χ2n) is 4.06. The molecule has 12 heavy (non-hydrogen) atoms. The van der Waals surface area contributed by atoms with E-state index in [9.17, 15) is 0 Å². The Bertz CT molecular complexity index is 236. The summed E-state index contributed by atoms with van der Waals surface area (Å²) >= 11 is 0. The Balaban J connectivity index is 2.13. The number of hydrogen-bond donors (Lipinski definition) is 0. The van der Waals surface area contributed by atoms with Crippen LogP contribution in [0.2, 0.25) is 0 Å². The summed E-state index contributed by atoms with van der Waals surface area (Å²) in [6.07, 6.45) is 8.30. The van der Waals surface area contributed by atoms with Gasteiger partial charge < -0.3 is 0 Å². The molecule has 2 aliphatic carbocycles. The highest BCUT2D eigenvalue weighted by Crippen LogP contribution is 2.49. The van der Waals surface area contributed by atoms with Crippen LogP contribution in [0.15, 0.2) is 12.2 Å². The van der Waals surface area contributed by atoms with Crippen molar-refractivity contribution in [2.24, 2.45) is 23.7 Å². The molecule has 0 aromatic heterocycles. The van der Waals surface area contributed by atoms with Gasteiger partial charge in [-0.25, -0.2) is 0 Å². The fourth-order valence-corrected chi connectivity index (χ4v) is 2.84. The topological polar surface area (TPSA) is 23.8 Å². The summed E-state index contributed by atoms with van der Waals surface area (Å²) in [6, 6.07) is 2.48. The predicted octanol–water partition coefficient (Wildman–Crippen LogP) is 2.75. The van der Waals surface area contributed by atoms with Gasteiger partial charge >= 0.3 is 0 Å². The monoisotopic (exact) mass is 161 g/mol. The fourth-order valence-electron chi connectivity index (χ4n) is 2.84. The SMILES string of the molecule is CCCC1C2C=CC(C2)C1C#N. The van der Waals surface area contributed by atoms with Crippen molar-refractivity contribution in [1.82, 2.24) is 0 Å². The van der Waals surface area contributed by atoms with Gasteiger partial charge in [0, 0.05) is 0 Å². The largest absolute Gasteiger partial charge is 0.198 e. The Labute approximate surface area is 74.1 Å². The number of nitriles is 1. The normalized spacial score (nSPS) is 43.3. The maximum atomic E-state index is 9.00. The van der Waals surface area contributed by atoms with E-state index in [1.165, 1.54) is 19.3 Å². The minimum Gasteiger partial charge on any atom is -0.198 e.